The highest BCUT2D eigenvalue weighted by molar-refractivity contribution is 5.73. The molecule has 1 fully saturated rings. The average Bonchev–Trinajstić information content (AvgIpc) is 2.73. The number of unbranched alkanes of at least 4 members (excludes halogenated alkanes) is 1. The van der Waals surface area contributed by atoms with Gasteiger partial charge < -0.3 is 5.73 Å². The van der Waals surface area contributed by atoms with Gasteiger partial charge in [0.05, 0.1) is 0 Å². The Morgan fingerprint density at radius 3 is 2.86 bits per heavy atom. The van der Waals surface area contributed by atoms with Gasteiger partial charge in [0.1, 0.15) is 0 Å². The summed E-state index contributed by atoms with van der Waals surface area (Å²) >= 11 is 0. The molecule has 2 unspecified atom stereocenters. The minimum absolute atomic E-state index is 0.160. The summed E-state index contributed by atoms with van der Waals surface area (Å²) in [5.41, 5.74) is 6.77. The van der Waals surface area contributed by atoms with Gasteiger partial charge in [-0.1, -0.05) is 11.6 Å². The number of nitrogens with two attached hydrogens (primary N) is 1. The molecule has 2 rings (SSSR count). The molecule has 1 saturated carbocycles. The zero-order valence-electron chi connectivity index (χ0n) is 8.67. The van der Waals surface area contributed by atoms with Gasteiger partial charge >= 0.3 is 0 Å². The van der Waals surface area contributed by atoms with E-state index < -0.39 is 0 Å². The first-order valence-electron chi connectivity index (χ1n) is 5.74. The van der Waals surface area contributed by atoms with Crippen LogP contribution in [0.15, 0.2) is 11.6 Å². The molecule has 2 heteroatoms. The zero-order chi connectivity index (χ0) is 9.97. The van der Waals surface area contributed by atoms with Gasteiger partial charge in [0.15, 0.2) is 0 Å². The van der Waals surface area contributed by atoms with Crippen LogP contribution in [-0.4, -0.2) is 5.91 Å². The van der Waals surface area contributed by atoms with E-state index in [2.05, 4.69) is 6.08 Å². The fourth-order valence-electron chi connectivity index (χ4n) is 2.86. The van der Waals surface area contributed by atoms with Crippen molar-refractivity contribution in [2.24, 2.45) is 17.6 Å². The van der Waals surface area contributed by atoms with E-state index in [4.69, 9.17) is 5.73 Å². The van der Waals surface area contributed by atoms with Crippen LogP contribution in [-0.2, 0) is 4.79 Å². The van der Waals surface area contributed by atoms with Crippen molar-refractivity contribution in [1.29, 1.82) is 0 Å². The molecule has 0 spiro atoms. The summed E-state index contributed by atoms with van der Waals surface area (Å²) < 4.78 is 0. The first-order valence-corrected chi connectivity index (χ1v) is 5.74. The predicted octanol–water partition coefficient (Wildman–Crippen LogP) is 2.39. The van der Waals surface area contributed by atoms with E-state index in [9.17, 15) is 4.79 Å². The van der Waals surface area contributed by atoms with Crippen molar-refractivity contribution in [2.75, 3.05) is 0 Å². The lowest BCUT2D eigenvalue weighted by Gasteiger charge is -2.12. The van der Waals surface area contributed by atoms with Gasteiger partial charge in [0.25, 0.3) is 0 Å². The van der Waals surface area contributed by atoms with Gasteiger partial charge in [0, 0.05) is 6.42 Å². The molecule has 0 aromatic heterocycles. The number of hydrogen-bond acceptors (Lipinski definition) is 1. The predicted molar refractivity (Wildman–Crippen MR) is 56.6 cm³/mol. The van der Waals surface area contributed by atoms with E-state index >= 15 is 0 Å². The monoisotopic (exact) mass is 193 g/mol. The van der Waals surface area contributed by atoms with E-state index in [1.165, 1.54) is 25.7 Å². The molecule has 78 valence electrons. The Bertz CT molecular complexity index is 257. The standard InChI is InChI=1S/C12H19NO/c13-12(14)4-2-1-3-10-7-9-5-6-11(10)8-9/h7,9,11H,1-6,8H2,(H2,13,14). The van der Waals surface area contributed by atoms with Crippen LogP contribution in [0.1, 0.15) is 44.9 Å². The smallest absolute Gasteiger partial charge is 0.217 e. The molecule has 0 aliphatic heterocycles. The zero-order valence-corrected chi connectivity index (χ0v) is 8.67. The lowest BCUT2D eigenvalue weighted by molar-refractivity contribution is -0.118. The highest BCUT2D eigenvalue weighted by Gasteiger charge is 2.31. The molecule has 2 N–H and O–H groups in total. The molecule has 1 amide bonds. The van der Waals surface area contributed by atoms with Gasteiger partial charge in [0.2, 0.25) is 5.91 Å². The number of fused-ring (bicyclic) bond motifs is 2. The van der Waals surface area contributed by atoms with Crippen LogP contribution in [0.5, 0.6) is 0 Å². The molecule has 2 bridgehead atoms. The van der Waals surface area contributed by atoms with Gasteiger partial charge in [-0.3, -0.25) is 4.79 Å². The Kier molecular flexibility index (Phi) is 2.90. The highest BCUT2D eigenvalue weighted by Crippen LogP contribution is 2.45. The fraction of sp³-hybridized carbons (Fsp3) is 0.750. The maximum absolute atomic E-state index is 10.5. The maximum atomic E-state index is 10.5. The molecular weight excluding hydrogens is 174 g/mol. The lowest BCUT2D eigenvalue weighted by Crippen LogP contribution is -2.09. The number of hydrogen-bond donors (Lipinski definition) is 1. The van der Waals surface area contributed by atoms with Crippen LogP contribution in [0.3, 0.4) is 0 Å². The van der Waals surface area contributed by atoms with Gasteiger partial charge in [-0.15, -0.1) is 0 Å². The van der Waals surface area contributed by atoms with Crippen molar-refractivity contribution in [3.8, 4) is 0 Å². The Balaban J connectivity index is 1.67. The summed E-state index contributed by atoms with van der Waals surface area (Å²) in [5, 5.41) is 0. The first kappa shape index (κ1) is 9.75. The summed E-state index contributed by atoms with van der Waals surface area (Å²) in [6.45, 7) is 0. The van der Waals surface area contributed by atoms with E-state index in [0.717, 1.165) is 24.7 Å². The Morgan fingerprint density at radius 2 is 2.29 bits per heavy atom. The van der Waals surface area contributed by atoms with Crippen LogP contribution >= 0.6 is 0 Å². The van der Waals surface area contributed by atoms with Crippen LogP contribution in [0.4, 0.5) is 0 Å². The molecule has 0 radical (unpaired) electrons. The number of carbonyl (C=O) groups is 1. The van der Waals surface area contributed by atoms with Gasteiger partial charge in [-0.2, -0.15) is 0 Å². The van der Waals surface area contributed by atoms with Crippen LogP contribution in [0.25, 0.3) is 0 Å². The second-order valence-corrected chi connectivity index (χ2v) is 4.69. The van der Waals surface area contributed by atoms with Crippen molar-refractivity contribution in [3.05, 3.63) is 11.6 Å². The Labute approximate surface area is 85.6 Å². The fourth-order valence-corrected chi connectivity index (χ4v) is 2.86. The molecule has 0 aromatic carbocycles. The van der Waals surface area contributed by atoms with Crippen molar-refractivity contribution in [1.82, 2.24) is 0 Å². The third kappa shape index (κ3) is 2.17. The molecular formula is C12H19NO. The third-order valence-electron chi connectivity index (χ3n) is 3.59. The second kappa shape index (κ2) is 4.16. The van der Waals surface area contributed by atoms with E-state index in [-0.39, 0.29) is 5.91 Å². The average molecular weight is 193 g/mol. The summed E-state index contributed by atoms with van der Waals surface area (Å²) in [4.78, 5) is 10.5. The molecule has 2 atom stereocenters. The summed E-state index contributed by atoms with van der Waals surface area (Å²) in [5.74, 6) is 1.63. The van der Waals surface area contributed by atoms with Crippen molar-refractivity contribution < 1.29 is 4.79 Å². The molecule has 0 saturated heterocycles. The normalized spacial score (nSPS) is 29.3. The molecule has 2 nitrogen and oxygen atoms in total. The Hall–Kier alpha value is -0.790. The highest BCUT2D eigenvalue weighted by atomic mass is 16.1. The van der Waals surface area contributed by atoms with E-state index in [1.54, 1.807) is 5.57 Å². The maximum Gasteiger partial charge on any atom is 0.217 e. The van der Waals surface area contributed by atoms with Crippen molar-refractivity contribution in [3.63, 3.8) is 0 Å². The number of carbonyl (C=O) groups excluding carboxylic acids is 1. The lowest BCUT2D eigenvalue weighted by atomic mass is 9.94. The minimum atomic E-state index is -0.160. The quantitative estimate of drug-likeness (QED) is 0.528. The van der Waals surface area contributed by atoms with Gasteiger partial charge in [-0.25, -0.2) is 0 Å². The molecule has 14 heavy (non-hydrogen) atoms. The Morgan fingerprint density at radius 1 is 1.43 bits per heavy atom. The van der Waals surface area contributed by atoms with Crippen molar-refractivity contribution in [2.45, 2.75) is 44.9 Å². The van der Waals surface area contributed by atoms with Crippen molar-refractivity contribution >= 4 is 5.91 Å². The van der Waals surface area contributed by atoms with Crippen LogP contribution < -0.4 is 5.73 Å². The number of primary amides is 1. The first-order chi connectivity index (χ1) is 6.75. The number of allylic oxidation sites excluding steroid dienone is 2. The summed E-state index contributed by atoms with van der Waals surface area (Å²) in [6.07, 6.45) is 10.6. The minimum Gasteiger partial charge on any atom is -0.370 e. The second-order valence-electron chi connectivity index (χ2n) is 4.69. The van der Waals surface area contributed by atoms with E-state index in [0.29, 0.717) is 6.42 Å². The van der Waals surface area contributed by atoms with Crippen LogP contribution in [0, 0.1) is 11.8 Å². The number of rotatable bonds is 5. The largest absolute Gasteiger partial charge is 0.370 e. The summed E-state index contributed by atoms with van der Waals surface area (Å²) in [7, 11) is 0. The SMILES string of the molecule is NC(=O)CCCCC1=CC2CCC1C2. The summed E-state index contributed by atoms with van der Waals surface area (Å²) in [6, 6.07) is 0. The van der Waals surface area contributed by atoms with Crippen LogP contribution in [0.2, 0.25) is 0 Å². The topological polar surface area (TPSA) is 43.1 Å². The molecule has 2 aliphatic carbocycles. The van der Waals surface area contributed by atoms with Gasteiger partial charge in [-0.05, 0) is 50.4 Å². The number of amides is 1. The van der Waals surface area contributed by atoms with E-state index in [1.807, 2.05) is 0 Å². The molecule has 2 aliphatic rings. The third-order valence-corrected chi connectivity index (χ3v) is 3.59. The molecule has 0 heterocycles. The molecule has 0 aromatic rings.